The van der Waals surface area contributed by atoms with E-state index in [-0.39, 0.29) is 12.2 Å². The molecule has 2 aromatic carbocycles. The third kappa shape index (κ3) is 2.53. The predicted octanol–water partition coefficient (Wildman–Crippen LogP) is 3.61. The van der Waals surface area contributed by atoms with Crippen molar-refractivity contribution in [2.45, 2.75) is 6.42 Å². The Morgan fingerprint density at radius 1 is 1.27 bits per heavy atom. The topological polar surface area (TPSA) is 62.3 Å². The summed E-state index contributed by atoms with van der Waals surface area (Å²) >= 11 is 0. The van der Waals surface area contributed by atoms with Crippen molar-refractivity contribution in [1.82, 2.24) is 4.98 Å². The summed E-state index contributed by atoms with van der Waals surface area (Å²) in [4.78, 5) is 14.4. The van der Waals surface area contributed by atoms with Crippen molar-refractivity contribution >= 4 is 16.9 Å². The highest BCUT2D eigenvalue weighted by molar-refractivity contribution is 5.94. The normalized spacial score (nSPS) is 10.8. The molecule has 1 aromatic heterocycles. The number of H-pyrrole nitrogens is 1. The highest BCUT2D eigenvalue weighted by Crippen LogP contribution is 2.33. The monoisotopic (exact) mass is 299 g/mol. The number of aromatic nitrogens is 1. The fourth-order valence-corrected chi connectivity index (χ4v) is 2.58. The van der Waals surface area contributed by atoms with Gasteiger partial charge in [0.15, 0.2) is 0 Å². The van der Waals surface area contributed by atoms with Gasteiger partial charge in [0, 0.05) is 16.5 Å². The molecule has 0 saturated heterocycles. The van der Waals surface area contributed by atoms with Crippen LogP contribution in [0.5, 0.6) is 5.75 Å². The first kappa shape index (κ1) is 14.1. The van der Waals surface area contributed by atoms with E-state index in [1.807, 2.05) is 6.07 Å². The quantitative estimate of drug-likeness (QED) is 0.773. The van der Waals surface area contributed by atoms with Gasteiger partial charge in [-0.3, -0.25) is 4.79 Å². The van der Waals surface area contributed by atoms with E-state index < -0.39 is 5.97 Å². The van der Waals surface area contributed by atoms with Crippen LogP contribution in [-0.2, 0) is 11.2 Å². The van der Waals surface area contributed by atoms with Crippen LogP contribution >= 0.6 is 0 Å². The zero-order valence-electron chi connectivity index (χ0n) is 11.9. The molecule has 0 aliphatic carbocycles. The predicted molar refractivity (Wildman–Crippen MR) is 81.6 cm³/mol. The number of methoxy groups -OCH3 is 1. The molecule has 0 saturated carbocycles. The molecule has 112 valence electrons. The first-order chi connectivity index (χ1) is 10.6. The van der Waals surface area contributed by atoms with Gasteiger partial charge in [0.1, 0.15) is 11.6 Å². The number of carboxylic acid groups (broad SMARTS) is 1. The SMILES string of the molecule is COc1ccc2[nH]c(-c3cccc(F)c3)c(CC(=O)O)c2c1. The van der Waals surface area contributed by atoms with E-state index in [0.29, 0.717) is 22.6 Å². The van der Waals surface area contributed by atoms with Crippen LogP contribution in [0.25, 0.3) is 22.2 Å². The highest BCUT2D eigenvalue weighted by Gasteiger charge is 2.16. The van der Waals surface area contributed by atoms with Gasteiger partial charge in [-0.2, -0.15) is 0 Å². The number of hydrogen-bond donors (Lipinski definition) is 2. The number of aliphatic carboxylic acids is 1. The Morgan fingerprint density at radius 2 is 2.09 bits per heavy atom. The third-order valence-electron chi connectivity index (χ3n) is 3.55. The molecule has 0 fully saturated rings. The first-order valence-corrected chi connectivity index (χ1v) is 6.75. The van der Waals surface area contributed by atoms with Crippen LogP contribution in [0.4, 0.5) is 4.39 Å². The number of aromatic amines is 1. The Morgan fingerprint density at radius 3 is 2.77 bits per heavy atom. The standard InChI is InChI=1S/C17H14FNO3/c1-22-12-5-6-15-13(8-12)14(9-16(20)21)17(19-15)10-3-2-4-11(18)7-10/h2-8,19H,9H2,1H3,(H,20,21). The summed E-state index contributed by atoms with van der Waals surface area (Å²) in [6.07, 6.45) is -0.154. The van der Waals surface area contributed by atoms with Crippen LogP contribution in [-0.4, -0.2) is 23.2 Å². The summed E-state index contributed by atoms with van der Waals surface area (Å²) in [5, 5.41) is 9.94. The molecule has 0 aliphatic heterocycles. The molecule has 0 spiro atoms. The van der Waals surface area contributed by atoms with Crippen LogP contribution in [0.1, 0.15) is 5.56 Å². The Kier molecular flexibility index (Phi) is 3.55. The molecule has 5 heteroatoms. The van der Waals surface area contributed by atoms with E-state index in [1.54, 1.807) is 31.4 Å². The maximum atomic E-state index is 13.5. The van der Waals surface area contributed by atoms with Crippen LogP contribution < -0.4 is 4.74 Å². The number of nitrogens with one attached hydrogen (secondary N) is 1. The van der Waals surface area contributed by atoms with E-state index in [1.165, 1.54) is 12.1 Å². The summed E-state index contributed by atoms with van der Waals surface area (Å²) in [7, 11) is 1.55. The van der Waals surface area contributed by atoms with Crippen LogP contribution in [0.15, 0.2) is 42.5 Å². The van der Waals surface area contributed by atoms with Crippen LogP contribution in [0, 0.1) is 5.82 Å². The molecular formula is C17H14FNO3. The number of carboxylic acids is 1. The van der Waals surface area contributed by atoms with Gasteiger partial charge in [0.25, 0.3) is 0 Å². The van der Waals surface area contributed by atoms with Crippen molar-refractivity contribution in [1.29, 1.82) is 0 Å². The van der Waals surface area contributed by atoms with E-state index in [0.717, 1.165) is 10.9 Å². The minimum Gasteiger partial charge on any atom is -0.497 e. The van der Waals surface area contributed by atoms with Gasteiger partial charge in [0.2, 0.25) is 0 Å². The smallest absolute Gasteiger partial charge is 0.307 e. The number of carbonyl (C=O) groups is 1. The zero-order valence-corrected chi connectivity index (χ0v) is 11.9. The Balaban J connectivity index is 2.26. The minimum absolute atomic E-state index is 0.154. The van der Waals surface area contributed by atoms with Crippen LogP contribution in [0.2, 0.25) is 0 Å². The van der Waals surface area contributed by atoms with E-state index in [2.05, 4.69) is 4.98 Å². The molecule has 0 aliphatic rings. The van der Waals surface area contributed by atoms with Crippen molar-refractivity contribution in [3.8, 4) is 17.0 Å². The van der Waals surface area contributed by atoms with Gasteiger partial charge in [-0.25, -0.2) is 4.39 Å². The van der Waals surface area contributed by atoms with Crippen LogP contribution in [0.3, 0.4) is 0 Å². The molecule has 2 N–H and O–H groups in total. The zero-order chi connectivity index (χ0) is 15.7. The van der Waals surface area contributed by atoms with Gasteiger partial charge in [-0.05, 0) is 35.9 Å². The molecule has 22 heavy (non-hydrogen) atoms. The number of rotatable bonds is 4. The number of fused-ring (bicyclic) bond motifs is 1. The van der Waals surface area contributed by atoms with E-state index in [9.17, 15) is 14.3 Å². The van der Waals surface area contributed by atoms with Crippen molar-refractivity contribution in [2.75, 3.05) is 7.11 Å². The van der Waals surface area contributed by atoms with Gasteiger partial charge in [-0.15, -0.1) is 0 Å². The summed E-state index contributed by atoms with van der Waals surface area (Å²) in [6.45, 7) is 0. The Hall–Kier alpha value is -2.82. The minimum atomic E-state index is -0.943. The number of benzene rings is 2. The molecule has 3 aromatic rings. The fourth-order valence-electron chi connectivity index (χ4n) is 2.58. The Bertz CT molecular complexity index is 854. The van der Waals surface area contributed by atoms with Crippen molar-refractivity contribution < 1.29 is 19.0 Å². The van der Waals surface area contributed by atoms with Gasteiger partial charge in [0.05, 0.1) is 19.2 Å². The lowest BCUT2D eigenvalue weighted by Crippen LogP contribution is -2.01. The Labute approximate surface area is 126 Å². The second kappa shape index (κ2) is 5.52. The lowest BCUT2D eigenvalue weighted by Gasteiger charge is -2.04. The van der Waals surface area contributed by atoms with E-state index >= 15 is 0 Å². The van der Waals surface area contributed by atoms with Crippen molar-refractivity contribution in [3.63, 3.8) is 0 Å². The lowest BCUT2D eigenvalue weighted by atomic mass is 10.0. The lowest BCUT2D eigenvalue weighted by molar-refractivity contribution is -0.136. The molecule has 0 bridgehead atoms. The average Bonchev–Trinajstić information content (AvgIpc) is 2.84. The van der Waals surface area contributed by atoms with E-state index in [4.69, 9.17) is 4.74 Å². The maximum absolute atomic E-state index is 13.5. The first-order valence-electron chi connectivity index (χ1n) is 6.75. The number of hydrogen-bond acceptors (Lipinski definition) is 2. The molecular weight excluding hydrogens is 285 g/mol. The molecule has 0 radical (unpaired) electrons. The van der Waals surface area contributed by atoms with Gasteiger partial charge >= 0.3 is 5.97 Å². The molecule has 3 rings (SSSR count). The molecule has 0 atom stereocenters. The molecule has 0 amide bonds. The summed E-state index contributed by atoms with van der Waals surface area (Å²) < 4.78 is 18.7. The molecule has 0 unspecified atom stereocenters. The number of halogens is 1. The van der Waals surface area contributed by atoms with Crippen molar-refractivity contribution in [3.05, 3.63) is 53.8 Å². The maximum Gasteiger partial charge on any atom is 0.307 e. The molecule has 1 heterocycles. The van der Waals surface area contributed by atoms with Gasteiger partial charge < -0.3 is 14.8 Å². The summed E-state index contributed by atoms with van der Waals surface area (Å²) in [5.74, 6) is -0.666. The second-order valence-corrected chi connectivity index (χ2v) is 4.97. The number of ether oxygens (including phenoxy) is 1. The average molecular weight is 299 g/mol. The fraction of sp³-hybridized carbons (Fsp3) is 0.118. The highest BCUT2D eigenvalue weighted by atomic mass is 19.1. The summed E-state index contributed by atoms with van der Waals surface area (Å²) in [6, 6.07) is 11.5. The second-order valence-electron chi connectivity index (χ2n) is 4.97. The van der Waals surface area contributed by atoms with Gasteiger partial charge in [-0.1, -0.05) is 12.1 Å². The van der Waals surface area contributed by atoms with Crippen molar-refractivity contribution in [2.24, 2.45) is 0 Å². The largest absolute Gasteiger partial charge is 0.497 e. The third-order valence-corrected chi connectivity index (χ3v) is 3.55. The summed E-state index contributed by atoms with van der Waals surface area (Å²) in [5.41, 5.74) is 2.64. The molecule has 4 nitrogen and oxygen atoms in total.